The van der Waals surface area contributed by atoms with Gasteiger partial charge in [-0.3, -0.25) is 0 Å². The Morgan fingerprint density at radius 1 is 0.676 bits per heavy atom. The van der Waals surface area contributed by atoms with Crippen LogP contribution in [0.1, 0.15) is 17.5 Å². The first kappa shape index (κ1) is 26.3. The van der Waals surface area contributed by atoms with Gasteiger partial charge in [-0.25, -0.2) is 16.8 Å². The van der Waals surface area contributed by atoms with Crippen molar-refractivity contribution in [2.24, 2.45) is 0 Å². The van der Waals surface area contributed by atoms with E-state index in [1.807, 2.05) is 0 Å². The van der Waals surface area contributed by atoms with Gasteiger partial charge < -0.3 is 9.53 Å². The van der Waals surface area contributed by atoms with Crippen LogP contribution in [-0.2, 0) is 29.9 Å². The Bertz CT molecular complexity index is 1500. The molecular formula is C29H26O6S2. The molecule has 0 heterocycles. The monoisotopic (exact) mass is 534 g/mol. The molecule has 0 unspecified atom stereocenters. The lowest BCUT2D eigenvalue weighted by Gasteiger charge is -2.34. The van der Waals surface area contributed by atoms with Gasteiger partial charge in [0.1, 0.15) is 12.0 Å². The Balaban J connectivity index is 2.03. The van der Waals surface area contributed by atoms with Crippen LogP contribution in [0.3, 0.4) is 0 Å². The summed E-state index contributed by atoms with van der Waals surface area (Å²) >= 11 is 0. The number of carbonyl (C=O) groups is 1. The average molecular weight is 535 g/mol. The summed E-state index contributed by atoms with van der Waals surface area (Å²) < 4.78 is 59.7. The van der Waals surface area contributed by atoms with Crippen molar-refractivity contribution >= 4 is 26.0 Å². The van der Waals surface area contributed by atoms with Crippen LogP contribution in [0.5, 0.6) is 5.75 Å². The lowest BCUT2D eigenvalue weighted by molar-refractivity contribution is -0.111. The van der Waals surface area contributed by atoms with Gasteiger partial charge in [0.15, 0.2) is 24.3 Å². The molecular weight excluding hydrogens is 508 g/mol. The van der Waals surface area contributed by atoms with Crippen LogP contribution < -0.4 is 4.74 Å². The maximum atomic E-state index is 14.0. The van der Waals surface area contributed by atoms with Crippen LogP contribution in [0.25, 0.3) is 0 Å². The molecule has 0 fully saturated rings. The highest BCUT2D eigenvalue weighted by Crippen LogP contribution is 2.43. The van der Waals surface area contributed by atoms with E-state index in [9.17, 15) is 21.6 Å². The second-order valence-corrected chi connectivity index (χ2v) is 13.1. The Morgan fingerprint density at radius 3 is 1.57 bits per heavy atom. The fourth-order valence-electron chi connectivity index (χ4n) is 4.48. The maximum absolute atomic E-state index is 14.0. The van der Waals surface area contributed by atoms with Crippen molar-refractivity contribution < 1.29 is 26.4 Å². The third-order valence-corrected chi connectivity index (χ3v) is 11.5. The highest BCUT2D eigenvalue weighted by Gasteiger charge is 2.48. The molecule has 190 valence electrons. The molecule has 0 saturated carbocycles. The van der Waals surface area contributed by atoms with Gasteiger partial charge in [0.05, 0.1) is 22.3 Å². The summed E-state index contributed by atoms with van der Waals surface area (Å²) in [5, 5.41) is 0. The van der Waals surface area contributed by atoms with E-state index in [0.717, 1.165) is 0 Å². The number of rotatable bonds is 10. The first-order chi connectivity index (χ1) is 17.8. The first-order valence-corrected chi connectivity index (χ1v) is 14.6. The lowest BCUT2D eigenvalue weighted by atomic mass is 9.73. The lowest BCUT2D eigenvalue weighted by Crippen LogP contribution is -2.41. The van der Waals surface area contributed by atoms with Gasteiger partial charge in [-0.2, -0.15) is 0 Å². The second-order valence-electron chi connectivity index (χ2n) is 8.51. The topological polar surface area (TPSA) is 94.6 Å². The predicted molar refractivity (Wildman–Crippen MR) is 142 cm³/mol. The van der Waals surface area contributed by atoms with Crippen molar-refractivity contribution in [3.05, 3.63) is 126 Å². The number of benzene rings is 4. The highest BCUT2D eigenvalue weighted by molar-refractivity contribution is 8.09. The molecule has 37 heavy (non-hydrogen) atoms. The molecule has 8 heteroatoms. The van der Waals surface area contributed by atoms with E-state index < -0.39 is 36.1 Å². The molecule has 0 aromatic heterocycles. The Labute approximate surface area is 217 Å². The van der Waals surface area contributed by atoms with Crippen molar-refractivity contribution in [1.82, 2.24) is 0 Å². The highest BCUT2D eigenvalue weighted by atomic mass is 32.3. The molecule has 0 amide bonds. The summed E-state index contributed by atoms with van der Waals surface area (Å²) in [6, 6.07) is 30.2. The van der Waals surface area contributed by atoms with Crippen molar-refractivity contribution in [1.29, 1.82) is 0 Å². The van der Waals surface area contributed by atoms with Crippen LogP contribution in [0.4, 0.5) is 0 Å². The van der Waals surface area contributed by atoms with Crippen LogP contribution in [0.15, 0.2) is 125 Å². The standard InChI is InChI=1S/C29H26O6S2/c1-35-27-20-12-11-19-26(27)29(22-30,23-13-5-2-6-14-23)21-28(36(31,32)24-15-7-3-8-16-24)37(33,34)25-17-9-4-10-18-25/h2-20,22,28H,21H2,1H3/t29-/m1/s1. The van der Waals surface area contributed by atoms with Gasteiger partial charge in [-0.1, -0.05) is 84.9 Å². The van der Waals surface area contributed by atoms with Gasteiger partial charge in [0, 0.05) is 5.56 Å². The van der Waals surface area contributed by atoms with Crippen LogP contribution in [0, 0.1) is 0 Å². The van der Waals surface area contributed by atoms with Crippen molar-refractivity contribution in [3.63, 3.8) is 0 Å². The number of para-hydroxylation sites is 1. The van der Waals surface area contributed by atoms with Gasteiger partial charge in [-0.15, -0.1) is 0 Å². The van der Waals surface area contributed by atoms with E-state index in [2.05, 4.69) is 0 Å². The summed E-state index contributed by atoms with van der Waals surface area (Å²) in [6.07, 6.45) is 0.0591. The zero-order chi connectivity index (χ0) is 26.5. The Hall–Kier alpha value is -3.75. The third-order valence-electron chi connectivity index (χ3n) is 6.40. The van der Waals surface area contributed by atoms with Crippen LogP contribution >= 0.6 is 0 Å². The molecule has 0 spiro atoms. The fraction of sp³-hybridized carbons (Fsp3) is 0.138. The van der Waals surface area contributed by atoms with Crippen LogP contribution in [-0.4, -0.2) is 34.8 Å². The first-order valence-electron chi connectivity index (χ1n) is 11.5. The van der Waals surface area contributed by atoms with Gasteiger partial charge in [0.2, 0.25) is 0 Å². The number of sulfone groups is 2. The summed E-state index contributed by atoms with van der Waals surface area (Å²) in [5.41, 5.74) is -0.830. The molecule has 4 aromatic carbocycles. The summed E-state index contributed by atoms with van der Waals surface area (Å²) in [4.78, 5) is 12.8. The van der Waals surface area contributed by atoms with Crippen molar-refractivity contribution in [2.75, 3.05) is 7.11 Å². The molecule has 6 nitrogen and oxygen atoms in total. The number of ether oxygens (including phenoxy) is 1. The molecule has 4 rings (SSSR count). The maximum Gasteiger partial charge on any atom is 0.196 e. The van der Waals surface area contributed by atoms with E-state index in [-0.39, 0.29) is 9.79 Å². The molecule has 0 radical (unpaired) electrons. The van der Waals surface area contributed by atoms with Gasteiger partial charge in [0.25, 0.3) is 0 Å². The Morgan fingerprint density at radius 2 is 1.11 bits per heavy atom. The fourth-order valence-corrected chi connectivity index (χ4v) is 9.13. The second kappa shape index (κ2) is 10.7. The molecule has 0 saturated heterocycles. The minimum Gasteiger partial charge on any atom is -0.496 e. The molecule has 0 aliphatic rings. The van der Waals surface area contributed by atoms with E-state index in [0.29, 0.717) is 23.2 Å². The molecule has 1 atom stereocenters. The number of aldehydes is 1. The van der Waals surface area contributed by atoms with Gasteiger partial charge >= 0.3 is 0 Å². The van der Waals surface area contributed by atoms with E-state index in [1.54, 1.807) is 66.7 Å². The molecule has 0 aliphatic carbocycles. The zero-order valence-electron chi connectivity index (χ0n) is 20.1. The molecule has 0 aliphatic heterocycles. The van der Waals surface area contributed by atoms with Crippen LogP contribution in [0.2, 0.25) is 0 Å². The number of carbonyl (C=O) groups excluding carboxylic acids is 1. The van der Waals surface area contributed by atoms with E-state index in [4.69, 9.17) is 4.74 Å². The molecule has 0 bridgehead atoms. The van der Waals surface area contributed by atoms with Gasteiger partial charge in [-0.05, 0) is 42.3 Å². The average Bonchev–Trinajstić information content (AvgIpc) is 2.95. The molecule has 4 aromatic rings. The van der Waals surface area contributed by atoms with Crippen molar-refractivity contribution in [3.8, 4) is 5.75 Å². The third kappa shape index (κ3) is 4.95. The Kier molecular flexibility index (Phi) is 7.61. The zero-order valence-corrected chi connectivity index (χ0v) is 21.7. The summed E-state index contributed by atoms with van der Waals surface area (Å²) in [7, 11) is -7.50. The smallest absolute Gasteiger partial charge is 0.196 e. The predicted octanol–water partition coefficient (Wildman–Crippen LogP) is 4.84. The largest absolute Gasteiger partial charge is 0.496 e. The molecule has 0 N–H and O–H groups in total. The van der Waals surface area contributed by atoms with Crippen molar-refractivity contribution in [2.45, 2.75) is 26.2 Å². The summed E-state index contributed by atoms with van der Waals surface area (Å²) in [5.74, 6) is 0.339. The normalized spacial score (nSPS) is 13.6. The number of methoxy groups -OCH3 is 1. The summed E-state index contributed by atoms with van der Waals surface area (Å²) in [6.45, 7) is 0. The minimum absolute atomic E-state index is 0.146. The van der Waals surface area contributed by atoms with E-state index in [1.165, 1.54) is 55.6 Å². The minimum atomic E-state index is -4.47. The number of hydrogen-bond acceptors (Lipinski definition) is 6. The van der Waals surface area contributed by atoms with E-state index >= 15 is 0 Å². The quantitative estimate of drug-likeness (QED) is 0.270. The number of hydrogen-bond donors (Lipinski definition) is 0. The SMILES string of the molecule is COc1ccccc1[C@@](C=O)(CC(S(=O)(=O)c1ccccc1)S(=O)(=O)c1ccccc1)c1ccccc1.